The maximum absolute atomic E-state index is 5.32. The predicted molar refractivity (Wildman–Crippen MR) is 131 cm³/mol. The highest BCUT2D eigenvalue weighted by Gasteiger charge is 2.41. The molecule has 6 nitrogen and oxygen atoms in total. The number of hydrogen-bond donors (Lipinski definition) is 1. The first-order valence-corrected chi connectivity index (χ1v) is 13.1. The Balaban J connectivity index is 2.12. The number of aryl methyl sites for hydroxylation is 1. The van der Waals surface area contributed by atoms with Gasteiger partial charge in [-0.25, -0.2) is 9.97 Å². The topological polar surface area (TPSA) is 64.9 Å². The Hall–Kier alpha value is -2.85. The van der Waals surface area contributed by atoms with E-state index in [9.17, 15) is 0 Å². The quantitative estimate of drug-likeness (QED) is 0.398. The molecule has 0 radical (unpaired) electrons. The van der Waals surface area contributed by atoms with Crippen molar-refractivity contribution in [3.05, 3.63) is 36.3 Å². The molecular formula is C24H33N5OSi. The van der Waals surface area contributed by atoms with Crippen molar-refractivity contribution < 1.29 is 4.74 Å². The Bertz CT molecular complexity index is 1100. The Kier molecular flexibility index (Phi) is 6.70. The van der Waals surface area contributed by atoms with Crippen LogP contribution in [0.5, 0.6) is 5.75 Å². The average molecular weight is 436 g/mol. The second-order valence-electron chi connectivity index (χ2n) is 8.93. The molecule has 0 bridgehead atoms. The van der Waals surface area contributed by atoms with E-state index in [1.165, 1.54) is 0 Å². The van der Waals surface area contributed by atoms with Gasteiger partial charge in [-0.15, -0.1) is 5.54 Å². The molecule has 0 atom stereocenters. The summed E-state index contributed by atoms with van der Waals surface area (Å²) in [5.74, 6) is 4.73. The molecule has 0 aliphatic heterocycles. The van der Waals surface area contributed by atoms with Crippen LogP contribution in [-0.4, -0.2) is 34.7 Å². The molecule has 164 valence electrons. The molecule has 0 saturated carbocycles. The minimum absolute atomic E-state index is 0.481. The molecule has 0 amide bonds. The van der Waals surface area contributed by atoms with E-state index in [1.807, 2.05) is 35.9 Å². The van der Waals surface area contributed by atoms with Crippen LogP contribution in [0, 0.1) is 11.5 Å². The van der Waals surface area contributed by atoms with E-state index in [0.717, 1.165) is 17.0 Å². The smallest absolute Gasteiger partial charge is 0.230 e. The first-order valence-electron chi connectivity index (χ1n) is 10.8. The van der Waals surface area contributed by atoms with Crippen LogP contribution in [0.1, 0.15) is 47.2 Å². The minimum Gasteiger partial charge on any atom is -0.497 e. The molecule has 2 heterocycles. The maximum Gasteiger partial charge on any atom is 0.230 e. The molecule has 1 N–H and O–H groups in total. The summed E-state index contributed by atoms with van der Waals surface area (Å²) >= 11 is 0. The second-order valence-corrected chi connectivity index (χ2v) is 14.5. The average Bonchev–Trinajstić information content (AvgIpc) is 3.08. The van der Waals surface area contributed by atoms with E-state index < -0.39 is 8.07 Å². The SMILES string of the molecule is COc1cccc(Nc2nc(C#C[Si](C(C)C)(C(C)C)C(C)C)c3c(ncn3C)n2)c1. The summed E-state index contributed by atoms with van der Waals surface area (Å²) in [5.41, 5.74) is 8.51. The van der Waals surface area contributed by atoms with E-state index >= 15 is 0 Å². The van der Waals surface area contributed by atoms with Gasteiger partial charge >= 0.3 is 0 Å². The van der Waals surface area contributed by atoms with Crippen LogP contribution in [0.3, 0.4) is 0 Å². The van der Waals surface area contributed by atoms with Gasteiger partial charge in [0.2, 0.25) is 5.95 Å². The number of ether oxygens (including phenoxy) is 1. The standard InChI is InChI=1S/C24H33N5OSi/c1-16(2)31(17(3)4,18(5)6)13-12-21-22-23(25-15-29(22)7)28-24(27-21)26-19-10-9-11-20(14-19)30-8/h9-11,14-18H,1-8H3,(H,26,27,28). The predicted octanol–water partition coefficient (Wildman–Crippen LogP) is 5.69. The summed E-state index contributed by atoms with van der Waals surface area (Å²) in [7, 11) is 1.72. The fraction of sp³-hybridized carbons (Fsp3) is 0.458. The normalized spacial score (nSPS) is 11.8. The van der Waals surface area contributed by atoms with Gasteiger partial charge in [0.1, 0.15) is 25.0 Å². The lowest BCUT2D eigenvalue weighted by Gasteiger charge is -2.38. The van der Waals surface area contributed by atoms with Crippen molar-refractivity contribution in [2.45, 2.75) is 58.2 Å². The van der Waals surface area contributed by atoms with Crippen molar-refractivity contribution in [1.29, 1.82) is 0 Å². The molecular weight excluding hydrogens is 402 g/mol. The van der Waals surface area contributed by atoms with Crippen molar-refractivity contribution in [3.8, 4) is 17.2 Å². The number of anilines is 2. The first-order chi connectivity index (χ1) is 14.7. The number of rotatable bonds is 6. The fourth-order valence-corrected chi connectivity index (χ4v) is 9.83. The monoisotopic (exact) mass is 435 g/mol. The molecule has 0 saturated heterocycles. The number of methoxy groups -OCH3 is 1. The lowest BCUT2D eigenvalue weighted by atomic mass is 10.3. The maximum atomic E-state index is 5.32. The highest BCUT2D eigenvalue weighted by Crippen LogP contribution is 2.40. The summed E-state index contributed by atoms with van der Waals surface area (Å²) in [5, 5.41) is 3.28. The summed E-state index contributed by atoms with van der Waals surface area (Å²) < 4.78 is 7.26. The van der Waals surface area contributed by atoms with Gasteiger partial charge in [-0.3, -0.25) is 0 Å². The molecule has 3 aromatic rings. The van der Waals surface area contributed by atoms with Crippen molar-refractivity contribution in [1.82, 2.24) is 19.5 Å². The van der Waals surface area contributed by atoms with Gasteiger partial charge in [0.25, 0.3) is 0 Å². The number of hydrogen-bond acceptors (Lipinski definition) is 5. The largest absolute Gasteiger partial charge is 0.497 e. The Morgan fingerprint density at radius 1 is 1.03 bits per heavy atom. The second kappa shape index (κ2) is 9.11. The minimum atomic E-state index is -1.89. The highest BCUT2D eigenvalue weighted by atomic mass is 28.3. The highest BCUT2D eigenvalue weighted by molar-refractivity contribution is 6.90. The van der Waals surface area contributed by atoms with Crippen molar-refractivity contribution in [2.75, 3.05) is 12.4 Å². The lowest BCUT2D eigenvalue weighted by Crippen LogP contribution is -2.43. The van der Waals surface area contributed by atoms with Crippen molar-refractivity contribution >= 4 is 30.9 Å². The van der Waals surface area contributed by atoms with Gasteiger partial charge in [-0.1, -0.05) is 53.5 Å². The van der Waals surface area contributed by atoms with Gasteiger partial charge in [0.15, 0.2) is 5.65 Å². The van der Waals surface area contributed by atoms with Crippen molar-refractivity contribution in [3.63, 3.8) is 0 Å². The molecule has 31 heavy (non-hydrogen) atoms. The summed E-state index contributed by atoms with van der Waals surface area (Å²) in [6.45, 7) is 13.9. The fourth-order valence-electron chi connectivity index (χ4n) is 4.63. The van der Waals surface area contributed by atoms with E-state index in [0.29, 0.717) is 33.9 Å². The number of nitrogens with one attached hydrogen (secondary N) is 1. The molecule has 3 rings (SSSR count). The van der Waals surface area contributed by atoms with Gasteiger partial charge in [-0.05, 0) is 28.8 Å². The molecule has 2 aromatic heterocycles. The third-order valence-electron chi connectivity index (χ3n) is 6.16. The van der Waals surface area contributed by atoms with E-state index in [2.05, 4.69) is 68.3 Å². The number of nitrogens with zero attached hydrogens (tertiary/aromatic N) is 4. The van der Waals surface area contributed by atoms with Crippen LogP contribution in [-0.2, 0) is 7.05 Å². The molecule has 1 aromatic carbocycles. The Morgan fingerprint density at radius 2 is 1.71 bits per heavy atom. The Labute approximate surface area is 186 Å². The van der Waals surface area contributed by atoms with Crippen LogP contribution >= 0.6 is 0 Å². The van der Waals surface area contributed by atoms with E-state index in [1.54, 1.807) is 13.4 Å². The zero-order chi connectivity index (χ0) is 22.8. The summed E-state index contributed by atoms with van der Waals surface area (Å²) in [6, 6.07) is 7.69. The first kappa shape index (κ1) is 22.8. The number of imidazole rings is 1. The molecule has 0 fully saturated rings. The van der Waals surface area contributed by atoms with Crippen molar-refractivity contribution in [2.24, 2.45) is 7.05 Å². The van der Waals surface area contributed by atoms with Crippen LogP contribution in [0.2, 0.25) is 16.6 Å². The van der Waals surface area contributed by atoms with Gasteiger partial charge in [0.05, 0.1) is 13.4 Å². The number of fused-ring (bicyclic) bond motifs is 1. The zero-order valence-corrected chi connectivity index (χ0v) is 20.8. The third-order valence-corrected chi connectivity index (χ3v) is 12.5. The molecule has 0 spiro atoms. The zero-order valence-electron chi connectivity index (χ0n) is 19.8. The molecule has 0 aliphatic rings. The van der Waals surface area contributed by atoms with Gasteiger partial charge in [-0.2, -0.15) is 4.98 Å². The number of aromatic nitrogens is 4. The molecule has 0 unspecified atom stereocenters. The van der Waals surface area contributed by atoms with Crippen LogP contribution in [0.4, 0.5) is 11.6 Å². The van der Waals surface area contributed by atoms with Crippen LogP contribution < -0.4 is 10.1 Å². The van der Waals surface area contributed by atoms with E-state index in [-0.39, 0.29) is 0 Å². The molecule has 7 heteroatoms. The Morgan fingerprint density at radius 3 is 2.32 bits per heavy atom. The molecule has 0 aliphatic carbocycles. The van der Waals surface area contributed by atoms with Gasteiger partial charge in [0, 0.05) is 18.8 Å². The summed E-state index contributed by atoms with van der Waals surface area (Å²) in [4.78, 5) is 13.9. The number of benzene rings is 1. The van der Waals surface area contributed by atoms with Crippen LogP contribution in [0.15, 0.2) is 30.6 Å². The lowest BCUT2D eigenvalue weighted by molar-refractivity contribution is 0.415. The third kappa shape index (κ3) is 4.44. The van der Waals surface area contributed by atoms with Crippen LogP contribution in [0.25, 0.3) is 11.2 Å². The van der Waals surface area contributed by atoms with E-state index in [4.69, 9.17) is 9.72 Å². The summed E-state index contributed by atoms with van der Waals surface area (Å²) in [6.07, 6.45) is 1.76. The van der Waals surface area contributed by atoms with Gasteiger partial charge < -0.3 is 14.6 Å².